The quantitative estimate of drug-likeness (QED) is 0.816. The Morgan fingerprint density at radius 3 is 2.41 bits per heavy atom. The van der Waals surface area contributed by atoms with Crippen LogP contribution in [0.5, 0.6) is 0 Å². The minimum absolute atomic E-state index is 0.194. The van der Waals surface area contributed by atoms with E-state index in [1.807, 2.05) is 35.2 Å². The number of nitrogens with zero attached hydrogens (tertiary/aromatic N) is 2. The lowest BCUT2D eigenvalue weighted by Crippen LogP contribution is -2.37. The Kier molecular flexibility index (Phi) is 5.23. The zero-order valence-electron chi connectivity index (χ0n) is 15.6. The lowest BCUT2D eigenvalue weighted by Gasteiger charge is -2.25. The maximum absolute atomic E-state index is 12.9. The number of benzene rings is 2. The predicted molar refractivity (Wildman–Crippen MR) is 107 cm³/mol. The first-order valence-corrected chi connectivity index (χ1v) is 9.93. The number of carbonyl (C=O) groups excluding carboxylic acids is 2. The molecule has 2 saturated heterocycles. The molecule has 1 atom stereocenters. The van der Waals surface area contributed by atoms with Gasteiger partial charge in [-0.15, -0.1) is 0 Å². The molecule has 2 aromatic rings. The summed E-state index contributed by atoms with van der Waals surface area (Å²) in [7, 11) is 0. The normalized spacial score (nSPS) is 19.7. The molecule has 0 saturated carbocycles. The zero-order chi connectivity index (χ0) is 18.6. The molecule has 0 spiro atoms. The van der Waals surface area contributed by atoms with Gasteiger partial charge in [0.25, 0.3) is 0 Å². The van der Waals surface area contributed by atoms with Crippen LogP contribution in [0.1, 0.15) is 36.8 Å². The third kappa shape index (κ3) is 4.05. The smallest absolute Gasteiger partial charge is 0.227 e. The van der Waals surface area contributed by atoms with Crippen molar-refractivity contribution >= 4 is 17.5 Å². The summed E-state index contributed by atoms with van der Waals surface area (Å²) in [5.74, 6) is 0.401. The van der Waals surface area contributed by atoms with E-state index in [0.29, 0.717) is 18.9 Å². The maximum Gasteiger partial charge on any atom is 0.227 e. The standard InChI is InChI=1S/C23H26N2O2/c26-22-9-5-15-24(22)20-12-10-19(11-13-20)17-23(27)25-14-4-8-21(25)16-18-6-2-1-3-7-18/h1-3,6-7,10-13,21H,4-5,8-9,14-17H2. The summed E-state index contributed by atoms with van der Waals surface area (Å²) in [5.41, 5.74) is 3.25. The van der Waals surface area contributed by atoms with Gasteiger partial charge in [-0.25, -0.2) is 0 Å². The molecule has 0 aromatic heterocycles. The molecule has 27 heavy (non-hydrogen) atoms. The Hall–Kier alpha value is -2.62. The van der Waals surface area contributed by atoms with Crippen molar-refractivity contribution in [2.24, 2.45) is 0 Å². The van der Waals surface area contributed by atoms with Gasteiger partial charge in [0.2, 0.25) is 11.8 Å². The van der Waals surface area contributed by atoms with Gasteiger partial charge in [0.15, 0.2) is 0 Å². The van der Waals surface area contributed by atoms with Crippen LogP contribution in [0, 0.1) is 0 Å². The number of amides is 2. The molecule has 2 fully saturated rings. The van der Waals surface area contributed by atoms with Gasteiger partial charge >= 0.3 is 0 Å². The van der Waals surface area contributed by atoms with Crippen LogP contribution >= 0.6 is 0 Å². The van der Waals surface area contributed by atoms with Crippen molar-refractivity contribution in [3.8, 4) is 0 Å². The molecule has 4 heteroatoms. The summed E-state index contributed by atoms with van der Waals surface area (Å²) in [5, 5.41) is 0. The van der Waals surface area contributed by atoms with Crippen molar-refractivity contribution in [2.75, 3.05) is 18.0 Å². The molecule has 0 aliphatic carbocycles. The van der Waals surface area contributed by atoms with Crippen LogP contribution in [-0.4, -0.2) is 35.8 Å². The second-order valence-electron chi connectivity index (χ2n) is 7.57. The Labute approximate surface area is 160 Å². The molecule has 2 aliphatic heterocycles. The molecule has 2 amide bonds. The van der Waals surface area contributed by atoms with E-state index in [0.717, 1.165) is 50.0 Å². The Morgan fingerprint density at radius 2 is 1.70 bits per heavy atom. The third-order valence-electron chi connectivity index (χ3n) is 5.69. The molecular weight excluding hydrogens is 336 g/mol. The minimum Gasteiger partial charge on any atom is -0.339 e. The topological polar surface area (TPSA) is 40.6 Å². The van der Waals surface area contributed by atoms with E-state index in [1.54, 1.807) is 0 Å². The van der Waals surface area contributed by atoms with Crippen LogP contribution in [0.3, 0.4) is 0 Å². The van der Waals surface area contributed by atoms with Crippen molar-refractivity contribution < 1.29 is 9.59 Å². The number of anilines is 1. The summed E-state index contributed by atoms with van der Waals surface area (Å²) in [6, 6.07) is 18.6. The van der Waals surface area contributed by atoms with Gasteiger partial charge in [0.05, 0.1) is 6.42 Å². The first-order valence-electron chi connectivity index (χ1n) is 9.93. The molecule has 0 bridgehead atoms. The average molecular weight is 362 g/mol. The van der Waals surface area contributed by atoms with Crippen molar-refractivity contribution in [1.82, 2.24) is 4.90 Å². The second kappa shape index (κ2) is 7.95. The molecule has 2 heterocycles. The lowest BCUT2D eigenvalue weighted by molar-refractivity contribution is -0.131. The largest absolute Gasteiger partial charge is 0.339 e. The van der Waals surface area contributed by atoms with Crippen LogP contribution < -0.4 is 4.90 Å². The van der Waals surface area contributed by atoms with E-state index in [4.69, 9.17) is 0 Å². The second-order valence-corrected chi connectivity index (χ2v) is 7.57. The van der Waals surface area contributed by atoms with E-state index in [9.17, 15) is 9.59 Å². The Balaban J connectivity index is 1.38. The van der Waals surface area contributed by atoms with Gasteiger partial charge in [-0.05, 0) is 48.9 Å². The minimum atomic E-state index is 0.194. The fourth-order valence-electron chi connectivity index (χ4n) is 4.25. The molecule has 2 aromatic carbocycles. The summed E-state index contributed by atoms with van der Waals surface area (Å²) < 4.78 is 0. The molecule has 0 N–H and O–H groups in total. The van der Waals surface area contributed by atoms with Crippen molar-refractivity contribution in [3.63, 3.8) is 0 Å². The SMILES string of the molecule is O=C1CCCN1c1ccc(CC(=O)N2CCCC2Cc2ccccc2)cc1. The molecule has 1 unspecified atom stereocenters. The van der Waals surface area contributed by atoms with Crippen LogP contribution in [0.4, 0.5) is 5.69 Å². The summed E-state index contributed by atoms with van der Waals surface area (Å²) in [6.07, 6.45) is 5.09. The molecule has 140 valence electrons. The fourth-order valence-corrected chi connectivity index (χ4v) is 4.25. The van der Waals surface area contributed by atoms with Gasteiger partial charge in [-0.1, -0.05) is 42.5 Å². The van der Waals surface area contributed by atoms with E-state index in [2.05, 4.69) is 29.2 Å². The summed E-state index contributed by atoms with van der Waals surface area (Å²) in [4.78, 5) is 28.6. The molecule has 0 radical (unpaired) electrons. The highest BCUT2D eigenvalue weighted by Gasteiger charge is 2.28. The van der Waals surface area contributed by atoms with Gasteiger partial charge < -0.3 is 9.80 Å². The fraction of sp³-hybridized carbons (Fsp3) is 0.391. The highest BCUT2D eigenvalue weighted by molar-refractivity contribution is 5.95. The third-order valence-corrected chi connectivity index (χ3v) is 5.69. The Morgan fingerprint density at radius 1 is 0.926 bits per heavy atom. The zero-order valence-corrected chi connectivity index (χ0v) is 15.6. The predicted octanol–water partition coefficient (Wildman–Crippen LogP) is 3.59. The van der Waals surface area contributed by atoms with E-state index in [-0.39, 0.29) is 11.8 Å². The number of hydrogen-bond donors (Lipinski definition) is 0. The number of likely N-dealkylation sites (tertiary alicyclic amines) is 1. The average Bonchev–Trinajstić information content (AvgIpc) is 3.32. The molecule has 2 aliphatic rings. The highest BCUT2D eigenvalue weighted by Crippen LogP contribution is 2.24. The van der Waals surface area contributed by atoms with Crippen LogP contribution in [0.2, 0.25) is 0 Å². The molecular formula is C23H26N2O2. The van der Waals surface area contributed by atoms with E-state index in [1.165, 1.54) is 5.56 Å². The summed E-state index contributed by atoms with van der Waals surface area (Å²) in [6.45, 7) is 1.66. The van der Waals surface area contributed by atoms with Crippen molar-refractivity contribution in [2.45, 2.75) is 44.6 Å². The first kappa shape index (κ1) is 17.8. The Bertz CT molecular complexity index is 801. The number of hydrogen-bond acceptors (Lipinski definition) is 2. The molecule has 4 nitrogen and oxygen atoms in total. The first-order chi connectivity index (χ1) is 13.2. The van der Waals surface area contributed by atoms with E-state index >= 15 is 0 Å². The van der Waals surface area contributed by atoms with Crippen LogP contribution in [-0.2, 0) is 22.4 Å². The number of carbonyl (C=O) groups is 2. The summed E-state index contributed by atoms with van der Waals surface area (Å²) >= 11 is 0. The monoisotopic (exact) mass is 362 g/mol. The highest BCUT2D eigenvalue weighted by atomic mass is 16.2. The number of rotatable bonds is 5. The van der Waals surface area contributed by atoms with E-state index < -0.39 is 0 Å². The van der Waals surface area contributed by atoms with Crippen LogP contribution in [0.15, 0.2) is 54.6 Å². The van der Waals surface area contributed by atoms with Gasteiger partial charge in [-0.3, -0.25) is 9.59 Å². The lowest BCUT2D eigenvalue weighted by atomic mass is 10.0. The van der Waals surface area contributed by atoms with Gasteiger partial charge in [0.1, 0.15) is 0 Å². The maximum atomic E-state index is 12.9. The van der Waals surface area contributed by atoms with Gasteiger partial charge in [0, 0.05) is 31.2 Å². The molecule has 4 rings (SSSR count). The van der Waals surface area contributed by atoms with Crippen LogP contribution in [0.25, 0.3) is 0 Å². The van der Waals surface area contributed by atoms with Crippen molar-refractivity contribution in [1.29, 1.82) is 0 Å². The van der Waals surface area contributed by atoms with Crippen molar-refractivity contribution in [3.05, 3.63) is 65.7 Å². The van der Waals surface area contributed by atoms with Gasteiger partial charge in [-0.2, -0.15) is 0 Å².